The predicted molar refractivity (Wildman–Crippen MR) is 122 cm³/mol. The van der Waals surface area contributed by atoms with E-state index in [0.717, 1.165) is 12.1 Å². The summed E-state index contributed by atoms with van der Waals surface area (Å²) in [6.45, 7) is 5.90. The van der Waals surface area contributed by atoms with Crippen LogP contribution in [0.2, 0.25) is 0 Å². The highest BCUT2D eigenvalue weighted by Crippen LogP contribution is 2.56. The molecule has 3 rings (SSSR count). The Morgan fingerprint density at radius 2 is 1.27 bits per heavy atom. The number of hydrogen-bond acceptors (Lipinski definition) is 1. The smallest absolute Gasteiger partial charge is 0.309 e. The molecule has 0 bridgehead atoms. The molecule has 0 atom stereocenters. The van der Waals surface area contributed by atoms with Crippen LogP contribution in [0.3, 0.4) is 0 Å². The van der Waals surface area contributed by atoms with Gasteiger partial charge in [0, 0.05) is 20.4 Å². The van der Waals surface area contributed by atoms with Gasteiger partial charge in [0.2, 0.25) is 0 Å². The van der Waals surface area contributed by atoms with Crippen molar-refractivity contribution < 1.29 is 17.7 Å². The van der Waals surface area contributed by atoms with Crippen molar-refractivity contribution >= 4 is 39.3 Å². The molecule has 30 heavy (non-hydrogen) atoms. The lowest BCUT2D eigenvalue weighted by Gasteiger charge is -2.23. The third-order valence-corrected chi connectivity index (χ3v) is 9.26. The van der Waals surface area contributed by atoms with Gasteiger partial charge in [-0.1, -0.05) is 79.4 Å². The standard InChI is InChI=1S/C24H19BrF3OP/c1-17(19-13-15-20(16-14-19)24(26,27)28)23(25)18(2)30(29,21-9-5-3-6-10-21)22-11-7-4-8-12-22/h3-16H,2H2,1H3/b23-17-. The Labute approximate surface area is 182 Å². The maximum absolute atomic E-state index is 14.4. The molecule has 1 nitrogen and oxygen atoms in total. The fraction of sp³-hybridized carbons (Fsp3) is 0.0833. The molecule has 0 saturated carbocycles. The van der Waals surface area contributed by atoms with Crippen LogP contribution >= 0.6 is 23.1 Å². The van der Waals surface area contributed by atoms with E-state index in [1.807, 2.05) is 36.4 Å². The minimum atomic E-state index is -4.40. The Morgan fingerprint density at radius 1 is 0.833 bits per heavy atom. The van der Waals surface area contributed by atoms with Crippen molar-refractivity contribution in [2.75, 3.05) is 0 Å². The molecule has 154 valence electrons. The molecule has 0 N–H and O–H groups in total. The largest absolute Gasteiger partial charge is 0.416 e. The third-order valence-electron chi connectivity index (χ3n) is 4.85. The maximum Gasteiger partial charge on any atom is 0.416 e. The molecule has 0 unspecified atom stereocenters. The van der Waals surface area contributed by atoms with Crippen molar-refractivity contribution in [3.63, 3.8) is 0 Å². The Balaban J connectivity index is 2.10. The van der Waals surface area contributed by atoms with E-state index in [-0.39, 0.29) is 0 Å². The van der Waals surface area contributed by atoms with Crippen LogP contribution in [0.25, 0.3) is 5.57 Å². The van der Waals surface area contributed by atoms with E-state index in [1.54, 1.807) is 31.2 Å². The van der Waals surface area contributed by atoms with Gasteiger partial charge >= 0.3 is 6.18 Å². The van der Waals surface area contributed by atoms with Gasteiger partial charge in [-0.2, -0.15) is 13.2 Å². The summed E-state index contributed by atoms with van der Waals surface area (Å²) >= 11 is 3.52. The van der Waals surface area contributed by atoms with E-state index in [9.17, 15) is 17.7 Å². The molecule has 3 aromatic carbocycles. The zero-order valence-corrected chi connectivity index (χ0v) is 18.6. The summed E-state index contributed by atoms with van der Waals surface area (Å²) in [6.07, 6.45) is -4.40. The molecular formula is C24H19BrF3OP. The van der Waals surface area contributed by atoms with Gasteiger partial charge in [0.25, 0.3) is 0 Å². The molecule has 0 aliphatic heterocycles. The van der Waals surface area contributed by atoms with Gasteiger partial charge in [-0.05, 0) is 46.1 Å². The first-order chi connectivity index (χ1) is 14.2. The number of hydrogen-bond donors (Lipinski definition) is 0. The Bertz CT molecular complexity index is 1080. The van der Waals surface area contributed by atoms with E-state index in [2.05, 4.69) is 22.5 Å². The highest BCUT2D eigenvalue weighted by molar-refractivity contribution is 9.12. The highest BCUT2D eigenvalue weighted by atomic mass is 79.9. The third kappa shape index (κ3) is 4.38. The minimum absolute atomic E-state index is 0.386. The quantitative estimate of drug-likeness (QED) is 0.269. The fourth-order valence-electron chi connectivity index (χ4n) is 3.13. The second-order valence-electron chi connectivity index (χ2n) is 6.74. The normalized spacial score (nSPS) is 13.0. The summed E-state index contributed by atoms with van der Waals surface area (Å²) in [6, 6.07) is 23.0. The fourth-order valence-corrected chi connectivity index (χ4v) is 6.65. The van der Waals surface area contributed by atoms with E-state index >= 15 is 0 Å². The monoisotopic (exact) mass is 490 g/mol. The van der Waals surface area contributed by atoms with Crippen LogP contribution < -0.4 is 10.6 Å². The first-order valence-corrected chi connectivity index (χ1v) is 11.6. The maximum atomic E-state index is 14.4. The summed E-state index contributed by atoms with van der Waals surface area (Å²) < 4.78 is 53.5. The first kappa shape index (κ1) is 22.3. The average Bonchev–Trinajstić information content (AvgIpc) is 2.77. The zero-order valence-electron chi connectivity index (χ0n) is 16.2. The molecule has 0 radical (unpaired) electrons. The van der Waals surface area contributed by atoms with E-state index in [1.165, 1.54) is 12.1 Å². The van der Waals surface area contributed by atoms with Crippen LogP contribution in [0.15, 0.2) is 101 Å². The van der Waals surface area contributed by atoms with Gasteiger partial charge in [-0.25, -0.2) is 0 Å². The summed E-state index contributed by atoms with van der Waals surface area (Å²) in [7, 11) is -3.26. The van der Waals surface area contributed by atoms with Crippen molar-refractivity contribution in [3.05, 3.63) is 112 Å². The second-order valence-corrected chi connectivity index (χ2v) is 10.3. The lowest BCUT2D eigenvalue weighted by molar-refractivity contribution is -0.137. The van der Waals surface area contributed by atoms with Gasteiger partial charge < -0.3 is 4.57 Å². The van der Waals surface area contributed by atoms with Gasteiger partial charge in [-0.15, -0.1) is 0 Å². The topological polar surface area (TPSA) is 17.1 Å². The molecule has 0 aliphatic carbocycles. The number of rotatable bonds is 5. The van der Waals surface area contributed by atoms with Crippen molar-refractivity contribution in [2.45, 2.75) is 13.1 Å². The number of alkyl halides is 3. The van der Waals surface area contributed by atoms with Crippen molar-refractivity contribution in [3.8, 4) is 0 Å². The SMILES string of the molecule is C=C(/C(Br)=C(\C)c1ccc(C(F)(F)F)cc1)P(=O)(c1ccccc1)c1ccccc1. The van der Waals surface area contributed by atoms with Crippen molar-refractivity contribution in [1.82, 2.24) is 0 Å². The number of benzene rings is 3. The van der Waals surface area contributed by atoms with Crippen LogP contribution in [0.1, 0.15) is 18.1 Å². The highest BCUT2D eigenvalue weighted by Gasteiger charge is 2.33. The van der Waals surface area contributed by atoms with Gasteiger partial charge in [0.15, 0.2) is 7.14 Å². The summed E-state index contributed by atoms with van der Waals surface area (Å²) in [5.74, 6) is 0. The lowest BCUT2D eigenvalue weighted by atomic mass is 10.0. The summed E-state index contributed by atoms with van der Waals surface area (Å²) in [5.41, 5.74) is 0.526. The Hall–Kier alpha value is -2.36. The molecule has 0 fully saturated rings. The van der Waals surface area contributed by atoms with Crippen molar-refractivity contribution in [2.24, 2.45) is 0 Å². The van der Waals surface area contributed by atoms with Crippen LogP contribution in [0.4, 0.5) is 13.2 Å². The van der Waals surface area contributed by atoms with Crippen molar-refractivity contribution in [1.29, 1.82) is 0 Å². The molecule has 0 aliphatic rings. The van der Waals surface area contributed by atoms with E-state index in [0.29, 0.717) is 31.5 Å². The first-order valence-electron chi connectivity index (χ1n) is 9.11. The van der Waals surface area contributed by atoms with Gasteiger partial charge in [0.05, 0.1) is 5.56 Å². The van der Waals surface area contributed by atoms with Crippen LogP contribution in [0, 0.1) is 0 Å². The molecule has 0 saturated heterocycles. The van der Waals surface area contributed by atoms with Crippen LogP contribution in [0.5, 0.6) is 0 Å². The molecule has 6 heteroatoms. The Morgan fingerprint density at radius 3 is 1.67 bits per heavy atom. The van der Waals surface area contributed by atoms with E-state index < -0.39 is 18.9 Å². The summed E-state index contributed by atoms with van der Waals surface area (Å²) in [5, 5.41) is 1.66. The molecular weight excluding hydrogens is 472 g/mol. The molecule has 3 aromatic rings. The Kier molecular flexibility index (Phi) is 6.54. The minimum Gasteiger partial charge on any atom is -0.309 e. The number of allylic oxidation sites excluding steroid dienone is 3. The van der Waals surface area contributed by atoms with Crippen LogP contribution in [-0.2, 0) is 10.7 Å². The van der Waals surface area contributed by atoms with Gasteiger partial charge in [0.1, 0.15) is 0 Å². The number of halogens is 4. The molecule has 0 heterocycles. The van der Waals surface area contributed by atoms with Gasteiger partial charge in [-0.3, -0.25) is 0 Å². The second kappa shape index (κ2) is 8.79. The molecule has 0 amide bonds. The predicted octanol–water partition coefficient (Wildman–Crippen LogP) is 7.36. The van der Waals surface area contributed by atoms with Crippen LogP contribution in [-0.4, -0.2) is 0 Å². The molecule has 0 spiro atoms. The zero-order chi connectivity index (χ0) is 21.9. The lowest BCUT2D eigenvalue weighted by Crippen LogP contribution is -2.17. The molecule has 0 aromatic heterocycles. The summed E-state index contributed by atoms with van der Waals surface area (Å²) in [4.78, 5) is 0. The van der Waals surface area contributed by atoms with E-state index in [4.69, 9.17) is 0 Å². The average molecular weight is 491 g/mol.